The number of carbonyl (C=O) groups is 1. The first-order chi connectivity index (χ1) is 17.0. The summed E-state index contributed by atoms with van der Waals surface area (Å²) in [5.41, 5.74) is 3.08. The van der Waals surface area contributed by atoms with E-state index in [0.29, 0.717) is 42.1 Å². The van der Waals surface area contributed by atoms with Crippen LogP contribution in [0.4, 0.5) is 4.39 Å². The zero-order valence-corrected chi connectivity index (χ0v) is 19.9. The zero-order chi connectivity index (χ0) is 24.8. The van der Waals surface area contributed by atoms with E-state index < -0.39 is 5.97 Å². The summed E-state index contributed by atoms with van der Waals surface area (Å²) in [6.07, 6.45) is 0.788. The molecule has 0 spiro atoms. The Bertz CT molecular complexity index is 1310. The van der Waals surface area contributed by atoms with E-state index >= 15 is 0 Å². The lowest BCUT2D eigenvalue weighted by Gasteiger charge is -2.11. The van der Waals surface area contributed by atoms with E-state index in [-0.39, 0.29) is 18.1 Å². The fourth-order valence-corrected chi connectivity index (χ4v) is 4.28. The van der Waals surface area contributed by atoms with E-state index in [2.05, 4.69) is 5.32 Å². The minimum Gasteiger partial charge on any atom is -0.497 e. The first kappa shape index (κ1) is 24.3. The maximum absolute atomic E-state index is 14.4. The Morgan fingerprint density at radius 1 is 1.06 bits per heavy atom. The predicted molar refractivity (Wildman–Crippen MR) is 134 cm³/mol. The molecular formula is C28H29FN2O4. The minimum atomic E-state index is -1.06. The van der Waals surface area contributed by atoms with Crippen LogP contribution >= 0.6 is 0 Å². The van der Waals surface area contributed by atoms with Crippen molar-refractivity contribution in [1.29, 1.82) is 0 Å². The van der Waals surface area contributed by atoms with Gasteiger partial charge in [-0.3, -0.25) is 0 Å². The molecule has 4 aromatic rings. The van der Waals surface area contributed by atoms with Gasteiger partial charge in [-0.15, -0.1) is 0 Å². The number of aromatic nitrogens is 1. The van der Waals surface area contributed by atoms with Crippen molar-refractivity contribution in [3.63, 3.8) is 0 Å². The molecule has 0 atom stereocenters. The molecule has 1 aromatic heterocycles. The second-order valence-corrected chi connectivity index (χ2v) is 8.20. The van der Waals surface area contributed by atoms with Crippen molar-refractivity contribution in [1.82, 2.24) is 9.88 Å². The molecule has 0 fully saturated rings. The SMILES string of the molecule is CCOc1ccc(CCNCc2c(C(=O)O)n(Cc3ccccc3F)c3cc(OC)ccc23)cc1. The van der Waals surface area contributed by atoms with Crippen LogP contribution in [-0.4, -0.2) is 35.9 Å². The molecule has 6 nitrogen and oxygen atoms in total. The molecule has 0 amide bonds. The summed E-state index contributed by atoms with van der Waals surface area (Å²) in [5.74, 6) is 0.0218. The van der Waals surface area contributed by atoms with Crippen LogP contribution in [0.2, 0.25) is 0 Å². The van der Waals surface area contributed by atoms with Gasteiger partial charge < -0.3 is 24.5 Å². The van der Waals surface area contributed by atoms with Crippen LogP contribution < -0.4 is 14.8 Å². The maximum Gasteiger partial charge on any atom is 0.352 e. The van der Waals surface area contributed by atoms with Gasteiger partial charge in [-0.25, -0.2) is 9.18 Å². The molecule has 4 rings (SSSR count). The summed E-state index contributed by atoms with van der Waals surface area (Å²) in [4.78, 5) is 12.4. The highest BCUT2D eigenvalue weighted by atomic mass is 19.1. The monoisotopic (exact) mass is 476 g/mol. The normalized spacial score (nSPS) is 11.1. The number of hydrogen-bond donors (Lipinski definition) is 2. The van der Waals surface area contributed by atoms with Crippen molar-refractivity contribution in [2.24, 2.45) is 0 Å². The maximum atomic E-state index is 14.4. The number of aromatic carboxylic acids is 1. The fourth-order valence-electron chi connectivity index (χ4n) is 4.28. The van der Waals surface area contributed by atoms with Crippen molar-refractivity contribution in [2.75, 3.05) is 20.3 Å². The number of carboxylic acids is 1. The van der Waals surface area contributed by atoms with Crippen molar-refractivity contribution < 1.29 is 23.8 Å². The van der Waals surface area contributed by atoms with Crippen molar-refractivity contribution in [2.45, 2.75) is 26.4 Å². The molecule has 0 aliphatic rings. The molecular weight excluding hydrogens is 447 g/mol. The van der Waals surface area contributed by atoms with Crippen LogP contribution in [0.1, 0.15) is 34.1 Å². The number of halogens is 1. The smallest absolute Gasteiger partial charge is 0.352 e. The number of carboxylic acid groups (broad SMARTS) is 1. The van der Waals surface area contributed by atoms with Crippen LogP contribution in [-0.2, 0) is 19.5 Å². The van der Waals surface area contributed by atoms with E-state index in [4.69, 9.17) is 9.47 Å². The molecule has 3 aromatic carbocycles. The highest BCUT2D eigenvalue weighted by molar-refractivity contribution is 5.98. The summed E-state index contributed by atoms with van der Waals surface area (Å²) >= 11 is 0. The van der Waals surface area contributed by atoms with Gasteiger partial charge >= 0.3 is 5.97 Å². The Kier molecular flexibility index (Phi) is 7.67. The van der Waals surface area contributed by atoms with Crippen molar-refractivity contribution in [3.05, 3.63) is 94.9 Å². The van der Waals surface area contributed by atoms with Gasteiger partial charge in [0.25, 0.3) is 0 Å². The highest BCUT2D eigenvalue weighted by Gasteiger charge is 2.23. The average Bonchev–Trinajstić information content (AvgIpc) is 3.17. The lowest BCUT2D eigenvalue weighted by atomic mass is 10.1. The molecule has 0 radical (unpaired) electrons. The third-order valence-corrected chi connectivity index (χ3v) is 5.99. The summed E-state index contributed by atoms with van der Waals surface area (Å²) in [6.45, 7) is 3.72. The summed E-state index contributed by atoms with van der Waals surface area (Å²) in [5, 5.41) is 14.3. The molecule has 2 N–H and O–H groups in total. The largest absolute Gasteiger partial charge is 0.497 e. The van der Waals surface area contributed by atoms with E-state index in [1.54, 1.807) is 35.9 Å². The van der Waals surface area contributed by atoms with Gasteiger partial charge in [0, 0.05) is 29.1 Å². The lowest BCUT2D eigenvalue weighted by molar-refractivity contribution is 0.0684. The number of rotatable bonds is 11. The Morgan fingerprint density at radius 3 is 2.49 bits per heavy atom. The van der Waals surface area contributed by atoms with E-state index in [1.807, 2.05) is 43.3 Å². The first-order valence-electron chi connectivity index (χ1n) is 11.6. The zero-order valence-electron chi connectivity index (χ0n) is 19.9. The Labute approximate surface area is 203 Å². The second kappa shape index (κ2) is 11.1. The van der Waals surface area contributed by atoms with E-state index in [0.717, 1.165) is 23.1 Å². The molecule has 1 heterocycles. The number of nitrogens with one attached hydrogen (secondary N) is 1. The molecule has 35 heavy (non-hydrogen) atoms. The van der Waals surface area contributed by atoms with Gasteiger partial charge in [0.15, 0.2) is 0 Å². The van der Waals surface area contributed by atoms with Gasteiger partial charge in [0.1, 0.15) is 23.0 Å². The van der Waals surface area contributed by atoms with Gasteiger partial charge in [0.2, 0.25) is 0 Å². The molecule has 7 heteroatoms. The van der Waals surface area contributed by atoms with Crippen LogP contribution in [0.25, 0.3) is 10.9 Å². The average molecular weight is 477 g/mol. The molecule has 0 bridgehead atoms. The van der Waals surface area contributed by atoms with Gasteiger partial charge in [0.05, 0.1) is 25.8 Å². The van der Waals surface area contributed by atoms with Crippen LogP contribution in [0.3, 0.4) is 0 Å². The van der Waals surface area contributed by atoms with E-state index in [1.165, 1.54) is 6.07 Å². The third-order valence-electron chi connectivity index (χ3n) is 5.99. The summed E-state index contributed by atoms with van der Waals surface area (Å²) < 4.78 is 26.9. The third kappa shape index (κ3) is 5.46. The standard InChI is InChI=1S/C28H29FN2O4/c1-3-35-21-10-8-19(9-11-21)14-15-30-17-24-23-13-12-22(34-2)16-26(23)31(27(24)28(32)33)18-20-6-4-5-7-25(20)29/h4-13,16,30H,3,14-15,17-18H2,1-2H3,(H,32,33). The van der Waals surface area contributed by atoms with Gasteiger partial charge in [-0.05, 0) is 55.8 Å². The number of methoxy groups -OCH3 is 1. The van der Waals surface area contributed by atoms with Crippen LogP contribution in [0.15, 0.2) is 66.7 Å². The Hall–Kier alpha value is -3.84. The summed E-state index contributed by atoms with van der Waals surface area (Å²) in [7, 11) is 1.56. The van der Waals surface area contributed by atoms with E-state index in [9.17, 15) is 14.3 Å². The molecule has 0 aliphatic carbocycles. The summed E-state index contributed by atoms with van der Waals surface area (Å²) in [6, 6.07) is 19.8. The number of fused-ring (bicyclic) bond motifs is 1. The predicted octanol–water partition coefficient (Wildman–Crippen LogP) is 5.27. The highest BCUT2D eigenvalue weighted by Crippen LogP contribution is 2.31. The molecule has 0 unspecified atom stereocenters. The second-order valence-electron chi connectivity index (χ2n) is 8.20. The Balaban J connectivity index is 1.60. The molecule has 182 valence electrons. The number of nitrogens with zero attached hydrogens (tertiary/aromatic N) is 1. The number of hydrogen-bond acceptors (Lipinski definition) is 4. The topological polar surface area (TPSA) is 72.7 Å². The van der Waals surface area contributed by atoms with Crippen LogP contribution in [0.5, 0.6) is 11.5 Å². The molecule has 0 aliphatic heterocycles. The Morgan fingerprint density at radius 2 is 1.80 bits per heavy atom. The lowest BCUT2D eigenvalue weighted by Crippen LogP contribution is -2.19. The van der Waals surface area contributed by atoms with Crippen molar-refractivity contribution >= 4 is 16.9 Å². The minimum absolute atomic E-state index is 0.101. The number of ether oxygens (including phenoxy) is 2. The van der Waals surface area contributed by atoms with Gasteiger partial charge in [-0.2, -0.15) is 0 Å². The van der Waals surface area contributed by atoms with Crippen molar-refractivity contribution in [3.8, 4) is 11.5 Å². The van der Waals surface area contributed by atoms with Crippen LogP contribution in [0, 0.1) is 5.82 Å². The molecule has 0 saturated carbocycles. The quantitative estimate of drug-likeness (QED) is 0.289. The first-order valence-corrected chi connectivity index (χ1v) is 11.6. The fraction of sp³-hybridized carbons (Fsp3) is 0.250. The van der Waals surface area contributed by atoms with Gasteiger partial charge in [-0.1, -0.05) is 30.3 Å². The number of benzene rings is 3. The molecule has 0 saturated heterocycles.